The summed E-state index contributed by atoms with van der Waals surface area (Å²) in [6, 6.07) is 8.18. The van der Waals surface area contributed by atoms with Crippen molar-refractivity contribution in [2.75, 3.05) is 0 Å². The molecule has 1 aromatic rings. The lowest BCUT2D eigenvalue weighted by molar-refractivity contribution is -0.152. The maximum atomic E-state index is 12.4. The van der Waals surface area contributed by atoms with E-state index in [1.54, 1.807) is 0 Å². The Labute approximate surface area is 136 Å². The highest BCUT2D eigenvalue weighted by Gasteiger charge is 2.37. The molecule has 1 saturated heterocycles. The van der Waals surface area contributed by atoms with Gasteiger partial charge in [-0.05, 0) is 42.2 Å². The average Bonchev–Trinajstić information content (AvgIpc) is 3.01. The molecule has 0 saturated carbocycles. The summed E-state index contributed by atoms with van der Waals surface area (Å²) < 4.78 is 5.34. The molecule has 5 nitrogen and oxygen atoms in total. The highest BCUT2D eigenvalue weighted by molar-refractivity contribution is 5.83. The Morgan fingerprint density at radius 3 is 2.57 bits per heavy atom. The largest absolute Gasteiger partial charge is 0.479 e. The van der Waals surface area contributed by atoms with Crippen molar-refractivity contribution in [3.8, 4) is 0 Å². The van der Waals surface area contributed by atoms with Crippen LogP contribution in [0.15, 0.2) is 24.3 Å². The summed E-state index contributed by atoms with van der Waals surface area (Å²) in [4.78, 5) is 23.4. The quantitative estimate of drug-likeness (QED) is 0.898. The molecule has 0 aromatic heterocycles. The molecule has 5 heteroatoms. The Bertz CT molecular complexity index is 625. The number of aliphatic carboxylic acids is 1. The zero-order valence-corrected chi connectivity index (χ0v) is 13.5. The van der Waals surface area contributed by atoms with Crippen LogP contribution in [0.5, 0.6) is 0 Å². The van der Waals surface area contributed by atoms with Gasteiger partial charge in [-0.3, -0.25) is 4.79 Å². The molecule has 1 aliphatic heterocycles. The van der Waals surface area contributed by atoms with E-state index in [0.29, 0.717) is 12.8 Å². The van der Waals surface area contributed by atoms with Crippen molar-refractivity contribution in [2.24, 2.45) is 0 Å². The summed E-state index contributed by atoms with van der Waals surface area (Å²) in [5, 5.41) is 12.0. The topological polar surface area (TPSA) is 75.6 Å². The second-order valence-electron chi connectivity index (χ2n) is 7.10. The zero-order chi connectivity index (χ0) is 16.6. The second kappa shape index (κ2) is 5.96. The Morgan fingerprint density at radius 1 is 1.17 bits per heavy atom. The number of carbonyl (C=O) groups is 2. The maximum absolute atomic E-state index is 12.4. The van der Waals surface area contributed by atoms with Crippen molar-refractivity contribution in [3.63, 3.8) is 0 Å². The summed E-state index contributed by atoms with van der Waals surface area (Å²) in [5.41, 5.74) is 2.54. The molecular formula is C18H23NO4. The van der Waals surface area contributed by atoms with Crippen LogP contribution in [0.2, 0.25) is 0 Å². The molecule has 1 unspecified atom stereocenters. The van der Waals surface area contributed by atoms with Gasteiger partial charge in [0.05, 0.1) is 6.04 Å². The summed E-state index contributed by atoms with van der Waals surface area (Å²) in [5.74, 6) is -1.20. The summed E-state index contributed by atoms with van der Waals surface area (Å²) in [6.45, 7) is 4.45. The van der Waals surface area contributed by atoms with Gasteiger partial charge in [-0.15, -0.1) is 0 Å². The second-order valence-corrected chi connectivity index (χ2v) is 7.10. The summed E-state index contributed by atoms with van der Waals surface area (Å²) in [7, 11) is 0. The molecule has 3 atom stereocenters. The van der Waals surface area contributed by atoms with Crippen LogP contribution in [0.3, 0.4) is 0 Å². The van der Waals surface area contributed by atoms with Crippen LogP contribution in [0.4, 0.5) is 0 Å². The van der Waals surface area contributed by atoms with Gasteiger partial charge in [-0.25, -0.2) is 4.79 Å². The third kappa shape index (κ3) is 3.11. The molecule has 124 valence electrons. The van der Waals surface area contributed by atoms with E-state index in [1.165, 1.54) is 5.56 Å². The zero-order valence-electron chi connectivity index (χ0n) is 13.5. The Kier molecular flexibility index (Phi) is 4.15. The maximum Gasteiger partial charge on any atom is 0.332 e. The van der Waals surface area contributed by atoms with E-state index < -0.39 is 18.2 Å². The lowest BCUT2D eigenvalue weighted by atomic mass is 9.71. The number of benzene rings is 1. The fourth-order valence-electron chi connectivity index (χ4n) is 3.64. The van der Waals surface area contributed by atoms with Crippen LogP contribution in [0.1, 0.15) is 56.7 Å². The van der Waals surface area contributed by atoms with Crippen molar-refractivity contribution in [3.05, 3.63) is 35.4 Å². The highest BCUT2D eigenvalue weighted by atomic mass is 16.5. The predicted molar refractivity (Wildman–Crippen MR) is 85.1 cm³/mol. The van der Waals surface area contributed by atoms with E-state index >= 15 is 0 Å². The van der Waals surface area contributed by atoms with Crippen molar-refractivity contribution in [2.45, 2.75) is 63.2 Å². The third-order valence-electron chi connectivity index (χ3n) is 5.03. The molecule has 2 N–H and O–H groups in total. The van der Waals surface area contributed by atoms with Crippen molar-refractivity contribution >= 4 is 11.9 Å². The van der Waals surface area contributed by atoms with Crippen LogP contribution < -0.4 is 5.32 Å². The number of carbonyl (C=O) groups excluding carboxylic acids is 1. The SMILES string of the molecule is CC1(C)CCC(NC(=O)[C@@H]2CC[C@H](C(=O)O)O2)c2ccccc21. The fraction of sp³-hybridized carbons (Fsp3) is 0.556. The smallest absolute Gasteiger partial charge is 0.332 e. The van der Waals surface area contributed by atoms with Gasteiger partial charge < -0.3 is 15.2 Å². The highest BCUT2D eigenvalue weighted by Crippen LogP contribution is 2.41. The van der Waals surface area contributed by atoms with E-state index in [1.807, 2.05) is 12.1 Å². The molecule has 1 fully saturated rings. The van der Waals surface area contributed by atoms with E-state index in [-0.39, 0.29) is 17.4 Å². The first kappa shape index (κ1) is 16.0. The van der Waals surface area contributed by atoms with Crippen LogP contribution in [-0.2, 0) is 19.7 Å². The van der Waals surface area contributed by atoms with Crippen molar-refractivity contribution in [1.82, 2.24) is 5.32 Å². The Morgan fingerprint density at radius 2 is 1.87 bits per heavy atom. The van der Waals surface area contributed by atoms with Gasteiger partial charge in [-0.2, -0.15) is 0 Å². The lowest BCUT2D eigenvalue weighted by Gasteiger charge is -2.37. The molecule has 23 heavy (non-hydrogen) atoms. The molecule has 2 aliphatic rings. The Hall–Kier alpha value is -1.88. The van der Waals surface area contributed by atoms with Gasteiger partial charge in [-0.1, -0.05) is 38.1 Å². The number of fused-ring (bicyclic) bond motifs is 1. The summed E-state index contributed by atoms with van der Waals surface area (Å²) >= 11 is 0. The van der Waals surface area contributed by atoms with E-state index in [9.17, 15) is 9.59 Å². The molecule has 1 aromatic carbocycles. The molecule has 0 spiro atoms. The van der Waals surface area contributed by atoms with Gasteiger partial charge in [0.1, 0.15) is 6.10 Å². The van der Waals surface area contributed by atoms with Crippen LogP contribution in [-0.4, -0.2) is 29.2 Å². The standard InChI is InChI=1S/C18H23NO4/c1-18(2)10-9-13(11-5-3-4-6-12(11)18)19-16(20)14-7-8-15(23-14)17(21)22/h3-6,13-15H,7-10H2,1-2H3,(H,19,20)(H,21,22)/t13?,14-,15+/m0/s1. The molecule has 1 aliphatic carbocycles. The van der Waals surface area contributed by atoms with Crippen molar-refractivity contribution < 1.29 is 19.4 Å². The first-order valence-corrected chi connectivity index (χ1v) is 8.16. The lowest BCUT2D eigenvalue weighted by Crippen LogP contribution is -2.41. The summed E-state index contributed by atoms with van der Waals surface area (Å²) in [6.07, 6.45) is 1.22. The fourth-order valence-corrected chi connectivity index (χ4v) is 3.64. The van der Waals surface area contributed by atoms with Gasteiger partial charge in [0.15, 0.2) is 6.10 Å². The minimum Gasteiger partial charge on any atom is -0.479 e. The van der Waals surface area contributed by atoms with E-state index in [4.69, 9.17) is 9.84 Å². The number of carboxylic acid groups (broad SMARTS) is 1. The normalized spacial score (nSPS) is 28.9. The molecule has 0 radical (unpaired) electrons. The Balaban J connectivity index is 1.72. The molecule has 0 bridgehead atoms. The number of rotatable bonds is 3. The van der Waals surface area contributed by atoms with Crippen LogP contribution in [0, 0.1) is 0 Å². The number of hydrogen-bond acceptors (Lipinski definition) is 3. The van der Waals surface area contributed by atoms with Gasteiger partial charge in [0.25, 0.3) is 0 Å². The van der Waals surface area contributed by atoms with Gasteiger partial charge in [0, 0.05) is 0 Å². The first-order valence-electron chi connectivity index (χ1n) is 8.16. The minimum absolute atomic E-state index is 0.0285. The average molecular weight is 317 g/mol. The number of amides is 1. The van der Waals surface area contributed by atoms with Gasteiger partial charge in [0.2, 0.25) is 5.91 Å². The predicted octanol–water partition coefficient (Wildman–Crippen LogP) is 2.55. The van der Waals surface area contributed by atoms with Gasteiger partial charge >= 0.3 is 5.97 Å². The molecule has 1 amide bonds. The minimum atomic E-state index is -0.995. The number of hydrogen-bond donors (Lipinski definition) is 2. The number of ether oxygens (including phenoxy) is 1. The number of nitrogens with one attached hydrogen (secondary N) is 1. The van der Waals surface area contributed by atoms with E-state index in [2.05, 4.69) is 31.3 Å². The number of carboxylic acids is 1. The van der Waals surface area contributed by atoms with Crippen LogP contribution in [0.25, 0.3) is 0 Å². The molecule has 1 heterocycles. The molecule has 3 rings (SSSR count). The molecular weight excluding hydrogens is 294 g/mol. The van der Waals surface area contributed by atoms with E-state index in [0.717, 1.165) is 18.4 Å². The monoisotopic (exact) mass is 317 g/mol. The van der Waals surface area contributed by atoms with Crippen LogP contribution >= 0.6 is 0 Å². The first-order chi connectivity index (χ1) is 10.9. The van der Waals surface area contributed by atoms with Crippen molar-refractivity contribution in [1.29, 1.82) is 0 Å². The third-order valence-corrected chi connectivity index (χ3v) is 5.03.